The second-order valence-electron chi connectivity index (χ2n) is 3.80. The molecule has 0 aromatic heterocycles. The summed E-state index contributed by atoms with van der Waals surface area (Å²) in [6.07, 6.45) is 1.29. The quantitative estimate of drug-likeness (QED) is 0.202. The Hall–Kier alpha value is 1.08. The predicted octanol–water partition coefficient (Wildman–Crippen LogP) is -2.00. The molecule has 1 rings (SSSR count). The van der Waals surface area contributed by atoms with Crippen molar-refractivity contribution in [1.82, 2.24) is 10.7 Å². The second-order valence-corrected chi connectivity index (χ2v) is 8.70. The molecule has 0 aromatic carbocycles. The molecule has 0 amide bonds. The third kappa shape index (κ3) is 3.52. The van der Waals surface area contributed by atoms with Gasteiger partial charge in [0.05, 0.1) is 0 Å². The third-order valence-corrected chi connectivity index (χ3v) is 7.56. The second kappa shape index (κ2) is 6.73. The van der Waals surface area contributed by atoms with Gasteiger partial charge in [0.15, 0.2) is 0 Å². The van der Waals surface area contributed by atoms with Crippen molar-refractivity contribution >= 4 is 22.6 Å². The molecule has 1 heterocycles. The molecule has 0 saturated heterocycles. The molecular formula is C10H20I2N3-. The van der Waals surface area contributed by atoms with Gasteiger partial charge in [0.25, 0.3) is 0 Å². The van der Waals surface area contributed by atoms with Crippen LogP contribution in [0, 0.1) is 0 Å². The minimum absolute atomic E-state index is 0.334. The van der Waals surface area contributed by atoms with Gasteiger partial charge >= 0.3 is 117 Å². The van der Waals surface area contributed by atoms with E-state index in [4.69, 9.17) is 5.84 Å². The fourth-order valence-electron chi connectivity index (χ4n) is 1.82. The van der Waals surface area contributed by atoms with Gasteiger partial charge in [-0.05, 0) is 0 Å². The van der Waals surface area contributed by atoms with E-state index in [0.717, 1.165) is 0 Å². The van der Waals surface area contributed by atoms with Crippen LogP contribution < -0.4 is 37.8 Å². The molecule has 0 aromatic rings. The average molecular weight is 436 g/mol. The maximum atomic E-state index is 5.51. The van der Waals surface area contributed by atoms with E-state index in [1.807, 2.05) is 0 Å². The summed E-state index contributed by atoms with van der Waals surface area (Å²) in [7, 11) is 2.05. The van der Waals surface area contributed by atoms with Crippen molar-refractivity contribution in [2.75, 3.05) is 11.5 Å². The molecule has 4 N–H and O–H groups in total. The summed E-state index contributed by atoms with van der Waals surface area (Å²) in [4.78, 5) is 0. The van der Waals surface area contributed by atoms with Crippen LogP contribution in [0.3, 0.4) is 0 Å². The van der Waals surface area contributed by atoms with E-state index in [2.05, 4.69) is 54.2 Å². The molecule has 90 valence electrons. The van der Waals surface area contributed by atoms with Crippen molar-refractivity contribution < 1.29 is 21.2 Å². The van der Waals surface area contributed by atoms with Crippen molar-refractivity contribution in [3.8, 4) is 0 Å². The van der Waals surface area contributed by atoms with E-state index >= 15 is 0 Å². The van der Waals surface area contributed by atoms with Gasteiger partial charge in [-0.2, -0.15) is 0 Å². The van der Waals surface area contributed by atoms with E-state index in [-0.39, 0.29) is 0 Å². The summed E-state index contributed by atoms with van der Waals surface area (Å²) in [6.45, 7) is 4.45. The molecule has 0 radical (unpaired) electrons. The molecule has 0 fully saturated rings. The van der Waals surface area contributed by atoms with Crippen LogP contribution in [0.4, 0.5) is 0 Å². The first-order chi connectivity index (χ1) is 7.11. The predicted molar refractivity (Wildman–Crippen MR) is 69.6 cm³/mol. The first-order valence-electron chi connectivity index (χ1n) is 5.18. The molecule has 3 atom stereocenters. The van der Waals surface area contributed by atoms with Gasteiger partial charge in [-0.3, -0.25) is 0 Å². The van der Waals surface area contributed by atoms with Crippen LogP contribution in [0.1, 0.15) is 20.3 Å². The monoisotopic (exact) mass is 436 g/mol. The number of hydrogen-bond donors (Lipinski definition) is 3. The van der Waals surface area contributed by atoms with Gasteiger partial charge in [-0.25, -0.2) is 0 Å². The fourth-order valence-corrected chi connectivity index (χ4v) is 5.58. The summed E-state index contributed by atoms with van der Waals surface area (Å²) in [5.74, 6) is 5.51. The molecule has 0 saturated carbocycles. The topological polar surface area (TPSA) is 50.1 Å². The number of nitrogens with one attached hydrogen (secondary N) is 2. The molecule has 0 spiro atoms. The van der Waals surface area contributed by atoms with E-state index in [9.17, 15) is 0 Å². The van der Waals surface area contributed by atoms with Gasteiger partial charge < -0.3 is 0 Å². The van der Waals surface area contributed by atoms with Crippen molar-refractivity contribution in [2.45, 2.75) is 36.3 Å². The van der Waals surface area contributed by atoms with E-state index in [0.29, 0.717) is 37.2 Å². The number of likely N-dealkylation sites (N-methyl/N-ethyl adjacent to an activating group) is 1. The Morgan fingerprint density at radius 3 is 2.60 bits per heavy atom. The molecule has 15 heavy (non-hydrogen) atoms. The molecule has 1 aliphatic heterocycles. The van der Waals surface area contributed by atoms with Crippen LogP contribution >= 0.6 is 22.6 Å². The SMILES string of the molecule is CNC(C1=C(C)[I-]CC1)[C@H](I)[C@@H](C)NN. The Bertz CT molecular complexity index is 243. The first-order valence-corrected chi connectivity index (χ1v) is 9.03. The summed E-state index contributed by atoms with van der Waals surface area (Å²) < 4.78 is 3.61. The number of halogens is 2. The van der Waals surface area contributed by atoms with Crippen molar-refractivity contribution in [3.63, 3.8) is 0 Å². The zero-order valence-corrected chi connectivity index (χ0v) is 13.8. The standard InChI is InChI=1S/C10H20I2N3/c1-6-8(4-5-12-6)10(14-3)9(11)7(2)15-13/h7,9-10,14-15H,4-5,13H2,1-3H3/q-1/t7-,9-,10?/m1/s1. The van der Waals surface area contributed by atoms with Gasteiger partial charge in [0.2, 0.25) is 0 Å². The zero-order valence-electron chi connectivity index (χ0n) is 9.48. The Balaban J connectivity index is 2.74. The molecule has 0 bridgehead atoms. The Morgan fingerprint density at radius 1 is 1.53 bits per heavy atom. The van der Waals surface area contributed by atoms with E-state index in [1.54, 1.807) is 9.15 Å². The summed E-state index contributed by atoms with van der Waals surface area (Å²) >= 11 is 2.84. The van der Waals surface area contributed by atoms with Gasteiger partial charge in [-0.1, -0.05) is 0 Å². The number of rotatable bonds is 5. The molecule has 1 unspecified atom stereocenters. The molecule has 0 aliphatic carbocycles. The van der Waals surface area contributed by atoms with Crippen LogP contribution in [0.2, 0.25) is 0 Å². The first kappa shape index (κ1) is 14.1. The minimum atomic E-state index is 0.334. The van der Waals surface area contributed by atoms with Gasteiger partial charge in [0.1, 0.15) is 0 Å². The molecule has 5 heteroatoms. The van der Waals surface area contributed by atoms with E-state index in [1.165, 1.54) is 10.8 Å². The number of nitrogens with two attached hydrogens (primary N) is 1. The number of alkyl halides is 2. The van der Waals surface area contributed by atoms with Crippen LogP contribution in [-0.2, 0) is 0 Å². The normalized spacial score (nSPS) is 23.5. The Labute approximate surface area is 116 Å². The van der Waals surface area contributed by atoms with Gasteiger partial charge in [-0.15, -0.1) is 0 Å². The molecular weight excluding hydrogens is 416 g/mol. The van der Waals surface area contributed by atoms with Crippen molar-refractivity contribution in [2.24, 2.45) is 5.84 Å². The Kier molecular flexibility index (Phi) is 6.34. The van der Waals surface area contributed by atoms with Crippen LogP contribution in [-0.4, -0.2) is 27.5 Å². The van der Waals surface area contributed by atoms with Crippen molar-refractivity contribution in [3.05, 3.63) is 9.15 Å². The average Bonchev–Trinajstić information content (AvgIpc) is 2.65. The summed E-state index contributed by atoms with van der Waals surface area (Å²) in [6, 6.07) is 0.820. The van der Waals surface area contributed by atoms with Crippen LogP contribution in [0.15, 0.2) is 9.15 Å². The van der Waals surface area contributed by atoms with Crippen LogP contribution in [0.5, 0.6) is 0 Å². The maximum absolute atomic E-state index is 5.51. The van der Waals surface area contributed by atoms with Gasteiger partial charge in [0, 0.05) is 0 Å². The number of allylic oxidation sites excluding steroid dienone is 1. The van der Waals surface area contributed by atoms with Crippen LogP contribution in [0.25, 0.3) is 0 Å². The number of hydrogen-bond acceptors (Lipinski definition) is 3. The molecule has 1 aliphatic rings. The molecule has 3 nitrogen and oxygen atoms in total. The summed E-state index contributed by atoms with van der Waals surface area (Å²) in [5.41, 5.74) is 4.50. The zero-order chi connectivity index (χ0) is 11.4. The van der Waals surface area contributed by atoms with Crippen molar-refractivity contribution in [1.29, 1.82) is 0 Å². The van der Waals surface area contributed by atoms with E-state index < -0.39 is 0 Å². The fraction of sp³-hybridized carbons (Fsp3) is 0.800. The third-order valence-electron chi connectivity index (χ3n) is 2.85. The summed E-state index contributed by atoms with van der Waals surface area (Å²) in [5, 5.41) is 3.45. The number of hydrazine groups is 1. The Morgan fingerprint density at radius 2 is 2.20 bits per heavy atom.